The quantitative estimate of drug-likeness (QED) is 0.536. The van der Waals surface area contributed by atoms with E-state index in [1.165, 1.54) is 10.5 Å². The molecule has 2 aromatic rings. The molecule has 0 aliphatic carbocycles. The molecule has 0 radical (unpaired) electrons. The van der Waals surface area contributed by atoms with Gasteiger partial charge in [0.15, 0.2) is 0 Å². The van der Waals surface area contributed by atoms with Gasteiger partial charge in [0.25, 0.3) is 0 Å². The highest BCUT2D eigenvalue weighted by Gasteiger charge is 2.41. The Morgan fingerprint density at radius 1 is 1.03 bits per heavy atom. The van der Waals surface area contributed by atoms with Crippen molar-refractivity contribution in [2.45, 2.75) is 53.2 Å². The van der Waals surface area contributed by atoms with E-state index in [9.17, 15) is 9.59 Å². The van der Waals surface area contributed by atoms with E-state index in [-0.39, 0.29) is 23.8 Å². The van der Waals surface area contributed by atoms with Crippen molar-refractivity contribution in [3.05, 3.63) is 65.7 Å². The molecule has 2 aromatic carbocycles. The standard InChI is InChI=1S/C26H33NO4/c1-18(2)24-17-31-26(29)27(24)25(28)20(4)14-19(3)15-21-10-12-23(13-11-21)30-16-22-8-6-5-7-9-22/h5-13,18-20,24H,14-17H2,1-4H3/t19-,20+,24-/m1/s1. The largest absolute Gasteiger partial charge is 0.489 e. The summed E-state index contributed by atoms with van der Waals surface area (Å²) in [6, 6.07) is 18.1. The molecule has 1 heterocycles. The minimum atomic E-state index is -0.505. The molecule has 0 N–H and O–H groups in total. The molecule has 2 amide bonds. The summed E-state index contributed by atoms with van der Waals surface area (Å²) >= 11 is 0. The van der Waals surface area contributed by atoms with Gasteiger partial charge in [-0.1, -0.05) is 70.2 Å². The number of carbonyl (C=O) groups excluding carboxylic acids is 2. The van der Waals surface area contributed by atoms with Crippen LogP contribution < -0.4 is 4.74 Å². The second-order valence-corrected chi connectivity index (χ2v) is 8.96. The predicted octanol–water partition coefficient (Wildman–Crippen LogP) is 5.47. The van der Waals surface area contributed by atoms with Crippen LogP contribution in [0.15, 0.2) is 54.6 Å². The van der Waals surface area contributed by atoms with E-state index in [2.05, 4.69) is 19.1 Å². The van der Waals surface area contributed by atoms with Gasteiger partial charge in [-0.15, -0.1) is 0 Å². The summed E-state index contributed by atoms with van der Waals surface area (Å²) in [6.45, 7) is 8.91. The fourth-order valence-corrected chi connectivity index (χ4v) is 4.07. The van der Waals surface area contributed by atoms with Crippen LogP contribution in [-0.2, 0) is 22.6 Å². The van der Waals surface area contributed by atoms with Gasteiger partial charge in [-0.05, 0) is 47.9 Å². The number of hydrogen-bond acceptors (Lipinski definition) is 4. The molecule has 5 heteroatoms. The first-order valence-corrected chi connectivity index (χ1v) is 11.1. The van der Waals surface area contributed by atoms with Crippen molar-refractivity contribution in [2.75, 3.05) is 6.61 Å². The highest BCUT2D eigenvalue weighted by Crippen LogP contribution is 2.26. The molecule has 0 spiro atoms. The number of cyclic esters (lactones) is 1. The zero-order valence-electron chi connectivity index (χ0n) is 18.9. The maximum atomic E-state index is 12.9. The second kappa shape index (κ2) is 10.5. The molecule has 1 saturated heterocycles. The average Bonchev–Trinajstić information content (AvgIpc) is 3.15. The number of nitrogens with zero attached hydrogens (tertiary/aromatic N) is 1. The maximum absolute atomic E-state index is 12.9. The molecule has 0 unspecified atom stereocenters. The lowest BCUT2D eigenvalue weighted by atomic mass is 9.90. The molecule has 0 saturated carbocycles. The minimum Gasteiger partial charge on any atom is -0.489 e. The van der Waals surface area contributed by atoms with Crippen LogP contribution in [0.2, 0.25) is 0 Å². The molecular formula is C26H33NO4. The van der Waals surface area contributed by atoms with Gasteiger partial charge >= 0.3 is 6.09 Å². The number of benzene rings is 2. The highest BCUT2D eigenvalue weighted by molar-refractivity contribution is 5.94. The number of hydrogen-bond donors (Lipinski definition) is 0. The number of imide groups is 1. The summed E-state index contributed by atoms with van der Waals surface area (Å²) in [5, 5.41) is 0. The van der Waals surface area contributed by atoms with E-state index in [0.29, 0.717) is 19.1 Å². The molecule has 1 aliphatic rings. The van der Waals surface area contributed by atoms with E-state index >= 15 is 0 Å². The van der Waals surface area contributed by atoms with E-state index in [0.717, 1.165) is 24.2 Å². The Kier molecular flexibility index (Phi) is 7.72. The SMILES string of the molecule is CC(C)[C@H]1COC(=O)N1C(=O)[C@@H](C)C[C@@H](C)Cc1ccc(OCc2ccccc2)cc1. The molecule has 166 valence electrons. The fourth-order valence-electron chi connectivity index (χ4n) is 4.07. The summed E-state index contributed by atoms with van der Waals surface area (Å²) in [4.78, 5) is 26.3. The van der Waals surface area contributed by atoms with Crippen molar-refractivity contribution >= 4 is 12.0 Å². The van der Waals surface area contributed by atoms with Crippen LogP contribution in [0, 0.1) is 17.8 Å². The van der Waals surface area contributed by atoms with Crippen LogP contribution >= 0.6 is 0 Å². The zero-order valence-corrected chi connectivity index (χ0v) is 18.9. The first-order valence-electron chi connectivity index (χ1n) is 11.1. The molecule has 1 fully saturated rings. The van der Waals surface area contributed by atoms with E-state index in [1.54, 1.807) is 0 Å². The molecule has 0 bridgehead atoms. The average molecular weight is 424 g/mol. The molecule has 31 heavy (non-hydrogen) atoms. The Hall–Kier alpha value is -2.82. The lowest BCUT2D eigenvalue weighted by Gasteiger charge is -2.26. The first-order chi connectivity index (χ1) is 14.8. The van der Waals surface area contributed by atoms with Crippen LogP contribution in [0.5, 0.6) is 5.75 Å². The van der Waals surface area contributed by atoms with Crippen molar-refractivity contribution in [3.63, 3.8) is 0 Å². The molecule has 3 rings (SSSR count). The fraction of sp³-hybridized carbons (Fsp3) is 0.462. The second-order valence-electron chi connectivity index (χ2n) is 8.96. The number of ether oxygens (including phenoxy) is 2. The lowest BCUT2D eigenvalue weighted by Crippen LogP contribution is -2.44. The van der Waals surface area contributed by atoms with Gasteiger partial charge in [0.05, 0.1) is 6.04 Å². The summed E-state index contributed by atoms with van der Waals surface area (Å²) in [7, 11) is 0. The molecular weight excluding hydrogens is 390 g/mol. The van der Waals surface area contributed by atoms with E-state index in [4.69, 9.17) is 9.47 Å². The number of amides is 2. The Balaban J connectivity index is 1.50. The van der Waals surface area contributed by atoms with Crippen molar-refractivity contribution in [3.8, 4) is 5.75 Å². The summed E-state index contributed by atoms with van der Waals surface area (Å²) in [6.07, 6.45) is 1.09. The summed E-state index contributed by atoms with van der Waals surface area (Å²) < 4.78 is 11.0. The molecule has 3 atom stereocenters. The Labute approximate surface area is 185 Å². The van der Waals surface area contributed by atoms with Gasteiger partial charge < -0.3 is 9.47 Å². The third-order valence-corrected chi connectivity index (χ3v) is 5.85. The molecule has 0 aromatic heterocycles. The first kappa shape index (κ1) is 22.9. The van der Waals surface area contributed by atoms with Gasteiger partial charge in [0.1, 0.15) is 19.0 Å². The van der Waals surface area contributed by atoms with Gasteiger partial charge in [-0.2, -0.15) is 0 Å². The van der Waals surface area contributed by atoms with Gasteiger partial charge in [-0.25, -0.2) is 9.69 Å². The third kappa shape index (κ3) is 6.09. The van der Waals surface area contributed by atoms with Crippen molar-refractivity contribution < 1.29 is 19.1 Å². The van der Waals surface area contributed by atoms with Crippen molar-refractivity contribution in [2.24, 2.45) is 17.8 Å². The van der Waals surface area contributed by atoms with Crippen molar-refractivity contribution in [1.29, 1.82) is 0 Å². The van der Waals surface area contributed by atoms with Crippen LogP contribution in [0.25, 0.3) is 0 Å². The van der Waals surface area contributed by atoms with E-state index < -0.39 is 6.09 Å². The van der Waals surface area contributed by atoms with Gasteiger partial charge in [0, 0.05) is 5.92 Å². The lowest BCUT2D eigenvalue weighted by molar-refractivity contribution is -0.134. The highest BCUT2D eigenvalue weighted by atomic mass is 16.6. The minimum absolute atomic E-state index is 0.127. The van der Waals surface area contributed by atoms with E-state index in [1.807, 2.05) is 63.2 Å². The number of rotatable bonds is 9. The predicted molar refractivity (Wildman–Crippen MR) is 121 cm³/mol. The van der Waals surface area contributed by atoms with Crippen molar-refractivity contribution in [1.82, 2.24) is 4.90 Å². The Morgan fingerprint density at radius 3 is 2.35 bits per heavy atom. The monoisotopic (exact) mass is 423 g/mol. The Bertz CT molecular complexity index is 863. The summed E-state index contributed by atoms with van der Waals surface area (Å²) in [5.74, 6) is 0.984. The van der Waals surface area contributed by atoms with Crippen LogP contribution in [0.3, 0.4) is 0 Å². The molecule has 1 aliphatic heterocycles. The van der Waals surface area contributed by atoms with Crippen LogP contribution in [-0.4, -0.2) is 29.5 Å². The Morgan fingerprint density at radius 2 is 1.71 bits per heavy atom. The normalized spacial score (nSPS) is 18.0. The number of carbonyl (C=O) groups is 2. The van der Waals surface area contributed by atoms with Crippen LogP contribution in [0.1, 0.15) is 45.2 Å². The van der Waals surface area contributed by atoms with Gasteiger partial charge in [-0.3, -0.25) is 4.79 Å². The smallest absolute Gasteiger partial charge is 0.416 e. The zero-order chi connectivity index (χ0) is 22.4. The van der Waals surface area contributed by atoms with Crippen LogP contribution in [0.4, 0.5) is 4.79 Å². The van der Waals surface area contributed by atoms with Gasteiger partial charge in [0.2, 0.25) is 5.91 Å². The topological polar surface area (TPSA) is 55.8 Å². The maximum Gasteiger partial charge on any atom is 0.416 e. The molecule has 5 nitrogen and oxygen atoms in total. The third-order valence-electron chi connectivity index (χ3n) is 5.85. The summed E-state index contributed by atoms with van der Waals surface area (Å²) in [5.41, 5.74) is 2.35.